The van der Waals surface area contributed by atoms with E-state index in [0.717, 1.165) is 13.0 Å². The molecule has 1 fully saturated rings. The lowest BCUT2D eigenvalue weighted by atomic mass is 9.96. The lowest BCUT2D eigenvalue weighted by Crippen LogP contribution is -2.50. The number of hydrogen-bond donors (Lipinski definition) is 2. The molecule has 1 aromatic carbocycles. The van der Waals surface area contributed by atoms with Crippen LogP contribution >= 0.6 is 0 Å². The molecule has 1 aromatic heterocycles. The van der Waals surface area contributed by atoms with Crippen molar-refractivity contribution in [3.8, 4) is 11.4 Å². The summed E-state index contributed by atoms with van der Waals surface area (Å²) in [7, 11) is -2.05. The maximum Gasteiger partial charge on any atom is 0.244 e. The molecule has 1 aliphatic heterocycles. The molecule has 2 atom stereocenters. The highest BCUT2D eigenvalue weighted by atomic mass is 32.2. The molecule has 3 rings (SSSR count). The molecule has 2 heterocycles. The summed E-state index contributed by atoms with van der Waals surface area (Å²) in [6.45, 7) is 3.62. The summed E-state index contributed by atoms with van der Waals surface area (Å²) in [6, 6.07) is 7.21. The van der Waals surface area contributed by atoms with Gasteiger partial charge >= 0.3 is 0 Å². The van der Waals surface area contributed by atoms with Crippen molar-refractivity contribution in [3.63, 3.8) is 0 Å². The van der Waals surface area contributed by atoms with Crippen molar-refractivity contribution in [3.05, 3.63) is 36.7 Å². The first-order chi connectivity index (χ1) is 11.5. The molecule has 7 nitrogen and oxygen atoms in total. The summed E-state index contributed by atoms with van der Waals surface area (Å²) < 4.78 is 34.8. The van der Waals surface area contributed by atoms with Crippen molar-refractivity contribution < 1.29 is 13.2 Å². The Kier molecular flexibility index (Phi) is 4.88. The van der Waals surface area contributed by atoms with Crippen molar-refractivity contribution in [1.29, 1.82) is 0 Å². The second-order valence-electron chi connectivity index (χ2n) is 5.99. The smallest absolute Gasteiger partial charge is 0.244 e. The van der Waals surface area contributed by atoms with E-state index in [1.165, 1.54) is 17.1 Å². The molecule has 1 aliphatic rings. The van der Waals surface area contributed by atoms with E-state index >= 15 is 0 Å². The van der Waals surface area contributed by atoms with E-state index in [4.69, 9.17) is 4.74 Å². The summed E-state index contributed by atoms with van der Waals surface area (Å²) in [4.78, 5) is 0.145. The summed E-state index contributed by atoms with van der Waals surface area (Å²) >= 11 is 0. The van der Waals surface area contributed by atoms with Gasteiger partial charge in [-0.1, -0.05) is 19.1 Å². The fraction of sp³-hybridized carbons (Fsp3) is 0.438. The Morgan fingerprint density at radius 3 is 2.92 bits per heavy atom. The van der Waals surface area contributed by atoms with Crippen molar-refractivity contribution in [1.82, 2.24) is 19.8 Å². The quantitative estimate of drug-likeness (QED) is 0.845. The summed E-state index contributed by atoms with van der Waals surface area (Å²) in [5, 5.41) is 7.40. The summed E-state index contributed by atoms with van der Waals surface area (Å²) in [5.74, 6) is 0.924. The van der Waals surface area contributed by atoms with Gasteiger partial charge in [-0.15, -0.1) is 0 Å². The Morgan fingerprint density at radius 1 is 1.38 bits per heavy atom. The number of ether oxygens (including phenoxy) is 1. The number of para-hydroxylation sites is 2. The topological polar surface area (TPSA) is 85.2 Å². The first-order valence-electron chi connectivity index (χ1n) is 7.92. The zero-order valence-electron chi connectivity index (χ0n) is 13.8. The zero-order valence-corrected chi connectivity index (χ0v) is 14.6. The molecule has 130 valence electrons. The van der Waals surface area contributed by atoms with Crippen molar-refractivity contribution in [2.75, 3.05) is 20.2 Å². The largest absolute Gasteiger partial charge is 0.494 e. The van der Waals surface area contributed by atoms with E-state index in [2.05, 4.69) is 22.1 Å². The van der Waals surface area contributed by atoms with E-state index in [9.17, 15) is 8.42 Å². The molecule has 2 N–H and O–H groups in total. The number of nitrogens with one attached hydrogen (secondary N) is 2. The molecule has 0 amide bonds. The van der Waals surface area contributed by atoms with Gasteiger partial charge in [-0.25, -0.2) is 17.8 Å². The van der Waals surface area contributed by atoms with E-state index in [-0.39, 0.29) is 10.9 Å². The van der Waals surface area contributed by atoms with Gasteiger partial charge in [-0.3, -0.25) is 0 Å². The molecule has 0 radical (unpaired) electrons. The minimum Gasteiger partial charge on any atom is -0.494 e. The summed E-state index contributed by atoms with van der Waals surface area (Å²) in [6.07, 6.45) is 3.81. The van der Waals surface area contributed by atoms with E-state index in [1.807, 2.05) is 18.2 Å². The van der Waals surface area contributed by atoms with Gasteiger partial charge in [-0.2, -0.15) is 5.10 Å². The molecule has 0 aliphatic carbocycles. The van der Waals surface area contributed by atoms with Gasteiger partial charge < -0.3 is 10.1 Å². The van der Waals surface area contributed by atoms with Crippen LogP contribution in [0.25, 0.3) is 5.69 Å². The van der Waals surface area contributed by atoms with Crippen LogP contribution in [0.4, 0.5) is 0 Å². The number of aromatic nitrogens is 2. The Labute approximate surface area is 142 Å². The number of rotatable bonds is 5. The molecule has 0 bridgehead atoms. The third-order valence-corrected chi connectivity index (χ3v) is 5.78. The standard InChI is InChI=1S/C16H22N4O3S/c1-12-7-8-17-10-14(12)19-24(21,22)13-9-18-20(11-13)15-5-3-4-6-16(15)23-2/h3-6,9,11-12,14,17,19H,7-8,10H2,1-2H3. The van der Waals surface area contributed by atoms with E-state index in [1.54, 1.807) is 13.2 Å². The van der Waals surface area contributed by atoms with Crippen LogP contribution in [0.15, 0.2) is 41.6 Å². The lowest BCUT2D eigenvalue weighted by Gasteiger charge is -2.29. The predicted octanol–water partition coefficient (Wildman–Crippen LogP) is 1.16. The van der Waals surface area contributed by atoms with Crippen molar-refractivity contribution in [2.45, 2.75) is 24.3 Å². The second-order valence-corrected chi connectivity index (χ2v) is 7.70. The van der Waals surface area contributed by atoms with Crippen LogP contribution in [0.5, 0.6) is 5.75 Å². The number of nitrogens with zero attached hydrogens (tertiary/aromatic N) is 2. The molecule has 0 spiro atoms. The summed E-state index contributed by atoms with van der Waals surface area (Å²) in [5.41, 5.74) is 0.689. The molecular weight excluding hydrogens is 328 g/mol. The minimum absolute atomic E-state index is 0.113. The van der Waals surface area contributed by atoms with Crippen LogP contribution in [0.1, 0.15) is 13.3 Å². The normalized spacial score (nSPS) is 21.6. The predicted molar refractivity (Wildman–Crippen MR) is 90.9 cm³/mol. The molecule has 2 aromatic rings. The van der Waals surface area contributed by atoms with Gasteiger partial charge in [0, 0.05) is 12.6 Å². The number of hydrogen-bond acceptors (Lipinski definition) is 5. The van der Waals surface area contributed by atoms with Crippen molar-refractivity contribution >= 4 is 10.0 Å². The molecular formula is C16H22N4O3S. The second kappa shape index (κ2) is 6.92. The first-order valence-corrected chi connectivity index (χ1v) is 9.40. The highest BCUT2D eigenvalue weighted by Gasteiger charge is 2.27. The average molecular weight is 350 g/mol. The van der Waals surface area contributed by atoms with E-state index in [0.29, 0.717) is 23.9 Å². The maximum absolute atomic E-state index is 12.6. The Bertz CT molecular complexity index is 803. The zero-order chi connectivity index (χ0) is 17.2. The highest BCUT2D eigenvalue weighted by molar-refractivity contribution is 7.89. The molecule has 8 heteroatoms. The Morgan fingerprint density at radius 2 is 2.17 bits per heavy atom. The number of methoxy groups -OCH3 is 1. The van der Waals surface area contributed by atoms with Crippen LogP contribution in [-0.4, -0.2) is 44.4 Å². The number of benzene rings is 1. The SMILES string of the molecule is COc1ccccc1-n1cc(S(=O)(=O)NC2CNCCC2C)cn1. The third kappa shape index (κ3) is 3.45. The van der Waals surface area contributed by atoms with E-state index < -0.39 is 10.0 Å². The average Bonchev–Trinajstić information content (AvgIpc) is 3.07. The monoisotopic (exact) mass is 350 g/mol. The third-order valence-electron chi connectivity index (χ3n) is 4.34. The van der Waals surface area contributed by atoms with Gasteiger partial charge in [0.05, 0.1) is 19.5 Å². The van der Waals surface area contributed by atoms with Gasteiger partial charge in [0.2, 0.25) is 10.0 Å². The Balaban J connectivity index is 1.84. The van der Waals surface area contributed by atoms with Crippen LogP contribution < -0.4 is 14.8 Å². The maximum atomic E-state index is 12.6. The number of sulfonamides is 1. The van der Waals surface area contributed by atoms with Gasteiger partial charge in [0.1, 0.15) is 16.3 Å². The van der Waals surface area contributed by atoms with Crippen LogP contribution in [0.3, 0.4) is 0 Å². The fourth-order valence-electron chi connectivity index (χ4n) is 2.81. The van der Waals surface area contributed by atoms with Gasteiger partial charge in [0.25, 0.3) is 0 Å². The van der Waals surface area contributed by atoms with Crippen LogP contribution in [0.2, 0.25) is 0 Å². The van der Waals surface area contributed by atoms with Crippen LogP contribution in [0, 0.1) is 5.92 Å². The first kappa shape index (κ1) is 16.9. The molecule has 2 unspecified atom stereocenters. The molecule has 24 heavy (non-hydrogen) atoms. The van der Waals surface area contributed by atoms with Crippen molar-refractivity contribution in [2.24, 2.45) is 5.92 Å². The minimum atomic E-state index is -3.61. The lowest BCUT2D eigenvalue weighted by molar-refractivity contribution is 0.327. The van der Waals surface area contributed by atoms with Crippen LogP contribution in [-0.2, 0) is 10.0 Å². The number of piperidine rings is 1. The Hall–Kier alpha value is -1.90. The molecule has 1 saturated heterocycles. The highest BCUT2D eigenvalue weighted by Crippen LogP contribution is 2.23. The van der Waals surface area contributed by atoms with Gasteiger partial charge in [0.15, 0.2) is 0 Å². The molecule has 0 saturated carbocycles. The fourth-order valence-corrected chi connectivity index (χ4v) is 4.09. The van der Waals surface area contributed by atoms with Gasteiger partial charge in [-0.05, 0) is 31.0 Å².